The molecule has 3 nitrogen and oxygen atoms in total. The summed E-state index contributed by atoms with van der Waals surface area (Å²) in [5, 5.41) is 0.826. The SMILES string of the molecule is NCCc1ccc(Cl)cc1N1CCC(N2CCCCC2)C1. The van der Waals surface area contributed by atoms with E-state index >= 15 is 0 Å². The van der Waals surface area contributed by atoms with Gasteiger partial charge < -0.3 is 10.6 Å². The number of likely N-dealkylation sites (tertiary alicyclic amines) is 1. The highest BCUT2D eigenvalue weighted by Gasteiger charge is 2.29. The van der Waals surface area contributed by atoms with Crippen LogP contribution in [-0.4, -0.2) is 43.7 Å². The lowest BCUT2D eigenvalue weighted by Crippen LogP contribution is -2.41. The molecular weight excluding hydrogens is 282 g/mol. The standard InChI is InChI=1S/C17H26ClN3/c18-15-5-4-14(6-8-19)17(12-15)21-11-7-16(13-21)20-9-2-1-3-10-20/h4-5,12,16H,1-3,6-11,13,19H2. The lowest BCUT2D eigenvalue weighted by Gasteiger charge is -2.32. The van der Waals surface area contributed by atoms with E-state index in [1.54, 1.807) is 0 Å². The van der Waals surface area contributed by atoms with Crippen molar-refractivity contribution in [3.8, 4) is 0 Å². The Morgan fingerprint density at radius 3 is 2.71 bits per heavy atom. The number of nitrogens with zero attached hydrogens (tertiary/aromatic N) is 2. The molecule has 0 amide bonds. The Bertz CT molecular complexity index is 471. The molecule has 2 saturated heterocycles. The first kappa shape index (κ1) is 15.1. The molecular formula is C17H26ClN3. The zero-order valence-electron chi connectivity index (χ0n) is 12.7. The molecule has 1 atom stereocenters. The predicted octanol–water partition coefficient (Wildman–Crippen LogP) is 2.91. The summed E-state index contributed by atoms with van der Waals surface area (Å²) >= 11 is 6.21. The van der Waals surface area contributed by atoms with Crippen LogP contribution in [0.25, 0.3) is 0 Å². The van der Waals surface area contributed by atoms with E-state index in [4.69, 9.17) is 17.3 Å². The maximum atomic E-state index is 6.21. The highest BCUT2D eigenvalue weighted by atomic mass is 35.5. The molecule has 0 aliphatic carbocycles. The number of benzene rings is 1. The summed E-state index contributed by atoms with van der Waals surface area (Å²) in [5.74, 6) is 0. The Kier molecular flexibility index (Phi) is 5.04. The molecule has 2 N–H and O–H groups in total. The zero-order chi connectivity index (χ0) is 14.7. The number of rotatable bonds is 4. The van der Waals surface area contributed by atoms with E-state index in [-0.39, 0.29) is 0 Å². The molecule has 3 rings (SSSR count). The van der Waals surface area contributed by atoms with E-state index in [1.807, 2.05) is 6.07 Å². The predicted molar refractivity (Wildman–Crippen MR) is 90.3 cm³/mol. The molecule has 0 spiro atoms. The van der Waals surface area contributed by atoms with Crippen LogP contribution in [-0.2, 0) is 6.42 Å². The van der Waals surface area contributed by atoms with Gasteiger partial charge in [-0.3, -0.25) is 4.90 Å². The van der Waals surface area contributed by atoms with Crippen LogP contribution >= 0.6 is 11.6 Å². The Hall–Kier alpha value is -0.770. The first-order chi connectivity index (χ1) is 10.3. The lowest BCUT2D eigenvalue weighted by molar-refractivity contribution is 0.175. The highest BCUT2D eigenvalue weighted by molar-refractivity contribution is 6.30. The van der Waals surface area contributed by atoms with Gasteiger partial charge in [0.05, 0.1) is 0 Å². The largest absolute Gasteiger partial charge is 0.370 e. The average molecular weight is 308 g/mol. The third-order valence-electron chi connectivity index (χ3n) is 4.87. The summed E-state index contributed by atoms with van der Waals surface area (Å²) in [6.45, 7) is 5.53. The third kappa shape index (κ3) is 3.53. The zero-order valence-corrected chi connectivity index (χ0v) is 13.5. The molecule has 21 heavy (non-hydrogen) atoms. The molecule has 2 fully saturated rings. The summed E-state index contributed by atoms with van der Waals surface area (Å²) in [7, 11) is 0. The number of hydrogen-bond donors (Lipinski definition) is 1. The van der Waals surface area contributed by atoms with E-state index in [2.05, 4.69) is 21.9 Å². The van der Waals surface area contributed by atoms with E-state index < -0.39 is 0 Å². The summed E-state index contributed by atoms with van der Waals surface area (Å²) in [6, 6.07) is 6.95. The van der Waals surface area contributed by atoms with Crippen molar-refractivity contribution >= 4 is 17.3 Å². The maximum Gasteiger partial charge on any atom is 0.0426 e. The van der Waals surface area contributed by atoms with Crippen molar-refractivity contribution in [3.05, 3.63) is 28.8 Å². The maximum absolute atomic E-state index is 6.21. The van der Waals surface area contributed by atoms with Gasteiger partial charge in [0, 0.05) is 29.8 Å². The molecule has 2 heterocycles. The number of hydrogen-bond acceptors (Lipinski definition) is 3. The van der Waals surface area contributed by atoms with Crippen molar-refractivity contribution in [1.29, 1.82) is 0 Å². The molecule has 2 aliphatic rings. The molecule has 116 valence electrons. The van der Waals surface area contributed by atoms with Gasteiger partial charge in [0.15, 0.2) is 0 Å². The van der Waals surface area contributed by atoms with Crippen molar-refractivity contribution in [3.63, 3.8) is 0 Å². The van der Waals surface area contributed by atoms with Crippen molar-refractivity contribution in [1.82, 2.24) is 4.90 Å². The van der Waals surface area contributed by atoms with E-state index in [0.29, 0.717) is 6.54 Å². The number of anilines is 1. The fraction of sp³-hybridized carbons (Fsp3) is 0.647. The van der Waals surface area contributed by atoms with Crippen LogP contribution < -0.4 is 10.6 Å². The molecule has 2 aliphatic heterocycles. The Balaban J connectivity index is 1.71. The van der Waals surface area contributed by atoms with Gasteiger partial charge in [-0.25, -0.2) is 0 Å². The quantitative estimate of drug-likeness (QED) is 0.928. The van der Waals surface area contributed by atoms with E-state index in [0.717, 1.165) is 30.6 Å². The van der Waals surface area contributed by atoms with Gasteiger partial charge >= 0.3 is 0 Å². The minimum atomic E-state index is 0.692. The Morgan fingerprint density at radius 1 is 1.14 bits per heavy atom. The topological polar surface area (TPSA) is 32.5 Å². The van der Waals surface area contributed by atoms with Crippen molar-refractivity contribution < 1.29 is 0 Å². The van der Waals surface area contributed by atoms with Crippen LogP contribution in [0.3, 0.4) is 0 Å². The van der Waals surface area contributed by atoms with Crippen LogP contribution in [0.5, 0.6) is 0 Å². The van der Waals surface area contributed by atoms with Crippen LogP contribution in [0.1, 0.15) is 31.2 Å². The highest BCUT2D eigenvalue weighted by Crippen LogP contribution is 2.30. The van der Waals surface area contributed by atoms with Gasteiger partial charge in [-0.05, 0) is 63.0 Å². The molecule has 1 aromatic carbocycles. The Labute approximate surface area is 133 Å². The Morgan fingerprint density at radius 2 is 1.95 bits per heavy atom. The van der Waals surface area contributed by atoms with Crippen molar-refractivity contribution in [2.45, 2.75) is 38.1 Å². The van der Waals surface area contributed by atoms with Crippen LogP contribution in [0, 0.1) is 0 Å². The fourth-order valence-corrected chi connectivity index (χ4v) is 3.91. The summed E-state index contributed by atoms with van der Waals surface area (Å²) in [5.41, 5.74) is 8.38. The van der Waals surface area contributed by atoms with Gasteiger partial charge in [0.1, 0.15) is 0 Å². The van der Waals surface area contributed by atoms with Gasteiger partial charge in [0.2, 0.25) is 0 Å². The second-order valence-electron chi connectivity index (χ2n) is 6.30. The molecule has 1 aromatic rings. The first-order valence-corrected chi connectivity index (χ1v) is 8.63. The van der Waals surface area contributed by atoms with Gasteiger partial charge in [0.25, 0.3) is 0 Å². The van der Waals surface area contributed by atoms with Crippen LogP contribution in [0.2, 0.25) is 5.02 Å². The van der Waals surface area contributed by atoms with Gasteiger partial charge in [-0.1, -0.05) is 24.1 Å². The average Bonchev–Trinajstić information content (AvgIpc) is 3.00. The first-order valence-electron chi connectivity index (χ1n) is 8.25. The molecule has 0 bridgehead atoms. The van der Waals surface area contributed by atoms with E-state index in [1.165, 1.54) is 50.0 Å². The number of halogens is 1. The summed E-state index contributed by atoms with van der Waals surface area (Å²) in [4.78, 5) is 5.20. The van der Waals surface area contributed by atoms with Crippen molar-refractivity contribution in [2.24, 2.45) is 5.73 Å². The summed E-state index contributed by atoms with van der Waals surface area (Å²) in [6.07, 6.45) is 6.34. The monoisotopic (exact) mass is 307 g/mol. The van der Waals surface area contributed by atoms with Crippen molar-refractivity contribution in [2.75, 3.05) is 37.6 Å². The third-order valence-corrected chi connectivity index (χ3v) is 5.11. The molecule has 1 unspecified atom stereocenters. The van der Waals surface area contributed by atoms with Crippen LogP contribution in [0.4, 0.5) is 5.69 Å². The number of nitrogens with two attached hydrogens (primary N) is 1. The lowest BCUT2D eigenvalue weighted by atomic mass is 10.1. The molecule has 0 saturated carbocycles. The summed E-state index contributed by atoms with van der Waals surface area (Å²) < 4.78 is 0. The molecule has 4 heteroatoms. The minimum absolute atomic E-state index is 0.692. The molecule has 0 aromatic heterocycles. The smallest absolute Gasteiger partial charge is 0.0426 e. The second kappa shape index (κ2) is 6.99. The van der Waals surface area contributed by atoms with E-state index in [9.17, 15) is 0 Å². The molecule has 0 radical (unpaired) electrons. The normalized spacial score (nSPS) is 23.7. The second-order valence-corrected chi connectivity index (χ2v) is 6.73. The van der Waals surface area contributed by atoms with Gasteiger partial charge in [-0.2, -0.15) is 0 Å². The van der Waals surface area contributed by atoms with Gasteiger partial charge in [-0.15, -0.1) is 0 Å². The van der Waals surface area contributed by atoms with Crippen LogP contribution in [0.15, 0.2) is 18.2 Å². The minimum Gasteiger partial charge on any atom is -0.370 e. The fourth-order valence-electron chi connectivity index (χ4n) is 3.74. The number of piperidine rings is 1.